The highest BCUT2D eigenvalue weighted by atomic mass is 32.1. The SMILES string of the molecule is c1ccc(-c2c3ccccc3c(-c3ccc4sc5c(-c6ccc7cc8sc9cc%10c(cc9c8cc7c6)oc6ccccc6%10)cccc5c4c3)c3ccccc23)cc1. The molecule has 1 nitrogen and oxygen atoms in total. The molecule has 0 N–H and O–H groups in total. The van der Waals surface area contributed by atoms with Gasteiger partial charge in [-0.25, -0.2) is 0 Å². The molecule has 0 radical (unpaired) electrons. The van der Waals surface area contributed by atoms with Gasteiger partial charge in [-0.2, -0.15) is 0 Å². The van der Waals surface area contributed by atoms with Gasteiger partial charge in [-0.15, -0.1) is 22.7 Å². The highest BCUT2D eigenvalue weighted by molar-refractivity contribution is 7.26. The number of benzene rings is 10. The summed E-state index contributed by atoms with van der Waals surface area (Å²) in [6, 6.07) is 67.2. The molecule has 264 valence electrons. The lowest BCUT2D eigenvalue weighted by Gasteiger charge is -2.17. The molecule has 0 saturated carbocycles. The van der Waals surface area contributed by atoms with Crippen LogP contribution in [0.3, 0.4) is 0 Å². The fourth-order valence-corrected chi connectivity index (χ4v) is 11.8. The van der Waals surface area contributed by atoms with E-state index in [-0.39, 0.29) is 0 Å². The zero-order valence-electron chi connectivity index (χ0n) is 30.5. The zero-order valence-corrected chi connectivity index (χ0v) is 32.2. The summed E-state index contributed by atoms with van der Waals surface area (Å²) >= 11 is 3.77. The van der Waals surface area contributed by atoms with Crippen LogP contribution in [0.4, 0.5) is 0 Å². The Morgan fingerprint density at radius 1 is 0.298 bits per heavy atom. The predicted molar refractivity (Wildman–Crippen MR) is 248 cm³/mol. The lowest BCUT2D eigenvalue weighted by Crippen LogP contribution is -1.90. The largest absolute Gasteiger partial charge is 0.456 e. The quantitative estimate of drug-likeness (QED) is 0.164. The van der Waals surface area contributed by atoms with Crippen molar-refractivity contribution in [2.45, 2.75) is 0 Å². The third-order valence-electron chi connectivity index (χ3n) is 12.0. The molecular weight excluding hydrogens is 729 g/mol. The molecule has 3 aromatic heterocycles. The Balaban J connectivity index is 0.972. The number of furan rings is 1. The number of para-hydroxylation sites is 1. The summed E-state index contributed by atoms with van der Waals surface area (Å²) in [4.78, 5) is 0. The normalized spacial score (nSPS) is 12.2. The molecule has 57 heavy (non-hydrogen) atoms. The van der Waals surface area contributed by atoms with E-state index < -0.39 is 0 Å². The molecule has 0 spiro atoms. The second-order valence-electron chi connectivity index (χ2n) is 15.2. The summed E-state index contributed by atoms with van der Waals surface area (Å²) in [5.41, 5.74) is 9.49. The van der Waals surface area contributed by atoms with Gasteiger partial charge in [0.25, 0.3) is 0 Å². The van der Waals surface area contributed by atoms with Gasteiger partial charge in [0.1, 0.15) is 11.2 Å². The molecule has 3 heterocycles. The maximum absolute atomic E-state index is 6.31. The van der Waals surface area contributed by atoms with Crippen molar-refractivity contribution < 1.29 is 4.42 Å². The molecule has 0 fully saturated rings. The third-order valence-corrected chi connectivity index (χ3v) is 14.4. The van der Waals surface area contributed by atoms with Gasteiger partial charge >= 0.3 is 0 Å². The number of hydrogen-bond donors (Lipinski definition) is 0. The summed E-state index contributed by atoms with van der Waals surface area (Å²) in [6.45, 7) is 0. The van der Waals surface area contributed by atoms with Gasteiger partial charge in [0.2, 0.25) is 0 Å². The second-order valence-corrected chi connectivity index (χ2v) is 17.3. The molecular formula is C54H30OS2. The maximum atomic E-state index is 6.31. The highest BCUT2D eigenvalue weighted by Gasteiger charge is 2.19. The van der Waals surface area contributed by atoms with Crippen LogP contribution < -0.4 is 0 Å². The molecule has 0 bridgehead atoms. The minimum Gasteiger partial charge on any atom is -0.456 e. The fourth-order valence-electron chi connectivity index (χ4n) is 9.44. The predicted octanol–water partition coefficient (Wildman–Crippen LogP) is 16.8. The van der Waals surface area contributed by atoms with Gasteiger partial charge in [-0.05, 0) is 114 Å². The molecule has 0 saturated heterocycles. The molecule has 0 aliphatic rings. The van der Waals surface area contributed by atoms with Gasteiger partial charge in [0.15, 0.2) is 0 Å². The zero-order chi connectivity index (χ0) is 37.2. The van der Waals surface area contributed by atoms with Gasteiger partial charge in [0, 0.05) is 51.1 Å². The number of hydrogen-bond acceptors (Lipinski definition) is 3. The smallest absolute Gasteiger partial charge is 0.136 e. The summed E-state index contributed by atoms with van der Waals surface area (Å²) in [6.07, 6.45) is 0. The van der Waals surface area contributed by atoms with E-state index in [1.165, 1.54) is 117 Å². The Hall–Kier alpha value is -6.78. The standard InChI is InChI=1S/C54H30OS2/c1-2-11-31(12-3-1)52-38-14-4-6-16-40(38)53(41-17-7-5-15-39(41)52)34-23-24-49-44(26-34)42-19-10-18-36(54(42)57-49)33-22-21-32-28-50-45(27-35(32)25-33)46-29-48-43(30-51(46)56-50)37-13-8-9-20-47(37)55-48/h1-30H. The van der Waals surface area contributed by atoms with Crippen LogP contribution in [0.2, 0.25) is 0 Å². The van der Waals surface area contributed by atoms with Crippen LogP contribution in [0.15, 0.2) is 186 Å². The van der Waals surface area contributed by atoms with Crippen molar-refractivity contribution in [3.05, 3.63) is 182 Å². The first-order chi connectivity index (χ1) is 28.2. The Labute approximate surface area is 335 Å². The van der Waals surface area contributed by atoms with E-state index in [9.17, 15) is 0 Å². The monoisotopic (exact) mass is 758 g/mol. The minimum atomic E-state index is 0.940. The van der Waals surface area contributed by atoms with E-state index in [0.29, 0.717) is 0 Å². The highest BCUT2D eigenvalue weighted by Crippen LogP contribution is 2.47. The number of fused-ring (bicyclic) bond motifs is 12. The van der Waals surface area contributed by atoms with E-state index in [0.717, 1.165) is 11.2 Å². The van der Waals surface area contributed by atoms with E-state index in [4.69, 9.17) is 4.42 Å². The first kappa shape index (κ1) is 31.4. The average molecular weight is 759 g/mol. The van der Waals surface area contributed by atoms with Gasteiger partial charge < -0.3 is 4.42 Å². The van der Waals surface area contributed by atoms with E-state index >= 15 is 0 Å². The Morgan fingerprint density at radius 3 is 1.72 bits per heavy atom. The van der Waals surface area contributed by atoms with Gasteiger partial charge in [-0.1, -0.05) is 133 Å². The molecule has 13 aromatic rings. The van der Waals surface area contributed by atoms with Crippen molar-refractivity contribution in [2.24, 2.45) is 0 Å². The van der Waals surface area contributed by atoms with Crippen LogP contribution in [-0.4, -0.2) is 0 Å². The lowest BCUT2D eigenvalue weighted by atomic mass is 9.86. The summed E-state index contributed by atoms with van der Waals surface area (Å²) in [5, 5.41) is 15.1. The summed E-state index contributed by atoms with van der Waals surface area (Å²) in [7, 11) is 0. The molecule has 0 unspecified atom stereocenters. The average Bonchev–Trinajstić information content (AvgIpc) is 3.94. The van der Waals surface area contributed by atoms with Crippen molar-refractivity contribution in [3.8, 4) is 33.4 Å². The Morgan fingerprint density at radius 2 is 0.930 bits per heavy atom. The first-order valence-corrected chi connectivity index (χ1v) is 21.0. The van der Waals surface area contributed by atoms with Crippen LogP contribution in [0, 0.1) is 0 Å². The van der Waals surface area contributed by atoms with E-state index in [1.807, 2.05) is 28.7 Å². The van der Waals surface area contributed by atoms with Crippen LogP contribution >= 0.6 is 22.7 Å². The molecule has 10 aromatic carbocycles. The number of thiophene rings is 2. The van der Waals surface area contributed by atoms with Crippen molar-refractivity contribution in [3.63, 3.8) is 0 Å². The first-order valence-electron chi connectivity index (χ1n) is 19.4. The van der Waals surface area contributed by atoms with Crippen LogP contribution in [0.5, 0.6) is 0 Å². The Bertz CT molecular complexity index is 3750. The summed E-state index contributed by atoms with van der Waals surface area (Å²) in [5.74, 6) is 0. The summed E-state index contributed by atoms with van der Waals surface area (Å²) < 4.78 is 11.5. The maximum Gasteiger partial charge on any atom is 0.136 e. The molecule has 0 aliphatic carbocycles. The van der Waals surface area contributed by atoms with Gasteiger partial charge in [-0.3, -0.25) is 0 Å². The van der Waals surface area contributed by atoms with E-state index in [2.05, 4.69) is 176 Å². The minimum absolute atomic E-state index is 0.940. The van der Waals surface area contributed by atoms with Crippen LogP contribution in [0.25, 0.3) is 128 Å². The van der Waals surface area contributed by atoms with Crippen molar-refractivity contribution in [1.29, 1.82) is 0 Å². The van der Waals surface area contributed by atoms with Crippen molar-refractivity contribution >= 4 is 117 Å². The molecule has 3 heteroatoms. The lowest BCUT2D eigenvalue weighted by molar-refractivity contribution is 0.669. The number of rotatable bonds is 3. The molecule has 0 aliphatic heterocycles. The van der Waals surface area contributed by atoms with Crippen LogP contribution in [0.1, 0.15) is 0 Å². The van der Waals surface area contributed by atoms with Gasteiger partial charge in [0.05, 0.1) is 0 Å². The topological polar surface area (TPSA) is 13.1 Å². The molecule has 0 amide bonds. The van der Waals surface area contributed by atoms with E-state index in [1.54, 1.807) is 0 Å². The third kappa shape index (κ3) is 4.61. The van der Waals surface area contributed by atoms with Crippen molar-refractivity contribution in [1.82, 2.24) is 0 Å². The molecule has 0 atom stereocenters. The fraction of sp³-hybridized carbons (Fsp3) is 0. The Kier molecular flexibility index (Phi) is 6.54. The molecule has 13 rings (SSSR count). The second kappa shape index (κ2) is 11.9. The van der Waals surface area contributed by atoms with Crippen LogP contribution in [-0.2, 0) is 0 Å². The van der Waals surface area contributed by atoms with Crippen molar-refractivity contribution in [2.75, 3.05) is 0 Å².